The summed E-state index contributed by atoms with van der Waals surface area (Å²) in [6.07, 6.45) is 1.32. The Bertz CT molecular complexity index is 576. The van der Waals surface area contributed by atoms with Gasteiger partial charge in [-0.3, -0.25) is 9.89 Å². The maximum Gasteiger partial charge on any atom is 0.237 e. The third kappa shape index (κ3) is 3.50. The molecule has 0 spiro atoms. The van der Waals surface area contributed by atoms with E-state index in [1.54, 1.807) is 6.92 Å². The molecule has 5 nitrogen and oxygen atoms in total. The average Bonchev–Trinajstić information content (AvgIpc) is 2.86. The minimum absolute atomic E-state index is 0.185. The minimum Gasteiger partial charge on any atom is -0.323 e. The number of nitrogens with zero attached hydrogens (tertiary/aromatic N) is 2. The van der Waals surface area contributed by atoms with Gasteiger partial charge in [-0.2, -0.15) is 5.10 Å². The van der Waals surface area contributed by atoms with Gasteiger partial charge in [0.25, 0.3) is 0 Å². The monoisotopic (exact) mass is 284 g/mol. The number of hydrogen-bond donors (Lipinski definition) is 2. The molecule has 1 aromatic heterocycles. The molecule has 19 heavy (non-hydrogen) atoms. The summed E-state index contributed by atoms with van der Waals surface area (Å²) < 4.78 is 26.3. The van der Waals surface area contributed by atoms with Gasteiger partial charge in [0.2, 0.25) is 5.91 Å². The first kappa shape index (κ1) is 13.5. The smallest absolute Gasteiger partial charge is 0.237 e. The van der Waals surface area contributed by atoms with Crippen molar-refractivity contribution in [1.29, 1.82) is 0 Å². The molecule has 0 aliphatic heterocycles. The summed E-state index contributed by atoms with van der Waals surface area (Å²) in [5.74, 6) is -1.76. The van der Waals surface area contributed by atoms with E-state index in [-0.39, 0.29) is 5.69 Å². The van der Waals surface area contributed by atoms with Crippen molar-refractivity contribution in [2.75, 3.05) is 5.32 Å². The standard InChI is InChI=1S/C11H10F2N4OS/c1-6(19-11-14-5-15-17-11)10(18)16-9-4-7(12)2-3-8(9)13/h2-6H,1H3,(H,16,18)(H,14,15,17)/t6-/m1/s1. The van der Waals surface area contributed by atoms with Crippen LogP contribution in [0.1, 0.15) is 6.92 Å². The highest BCUT2D eigenvalue weighted by Gasteiger charge is 2.17. The van der Waals surface area contributed by atoms with E-state index in [4.69, 9.17) is 0 Å². The lowest BCUT2D eigenvalue weighted by atomic mass is 10.3. The molecule has 2 aromatic rings. The largest absolute Gasteiger partial charge is 0.323 e. The Labute approximate surface area is 111 Å². The molecule has 0 fully saturated rings. The molecule has 0 saturated heterocycles. The number of thioether (sulfide) groups is 1. The van der Waals surface area contributed by atoms with E-state index in [9.17, 15) is 13.6 Å². The molecule has 0 unspecified atom stereocenters. The molecule has 1 aromatic carbocycles. The quantitative estimate of drug-likeness (QED) is 0.844. The van der Waals surface area contributed by atoms with E-state index in [2.05, 4.69) is 20.5 Å². The Morgan fingerprint density at radius 3 is 2.95 bits per heavy atom. The van der Waals surface area contributed by atoms with Gasteiger partial charge < -0.3 is 5.32 Å². The van der Waals surface area contributed by atoms with Crippen LogP contribution >= 0.6 is 11.8 Å². The van der Waals surface area contributed by atoms with Gasteiger partial charge in [-0.15, -0.1) is 0 Å². The molecule has 1 amide bonds. The molecular formula is C11H10F2N4OS. The highest BCUT2D eigenvalue weighted by molar-refractivity contribution is 8.00. The predicted octanol–water partition coefficient (Wildman–Crippen LogP) is 2.20. The zero-order chi connectivity index (χ0) is 13.8. The lowest BCUT2D eigenvalue weighted by Crippen LogP contribution is -2.23. The first-order valence-corrected chi connectivity index (χ1v) is 6.22. The average molecular weight is 284 g/mol. The van der Waals surface area contributed by atoms with Gasteiger partial charge in [0.1, 0.15) is 18.0 Å². The number of halogens is 2. The molecule has 1 atom stereocenters. The molecule has 2 N–H and O–H groups in total. The summed E-state index contributed by atoms with van der Waals surface area (Å²) in [5, 5.41) is 8.51. The van der Waals surface area contributed by atoms with Crippen molar-refractivity contribution in [3.05, 3.63) is 36.2 Å². The Hall–Kier alpha value is -1.96. The number of aromatic nitrogens is 3. The van der Waals surface area contributed by atoms with Crippen molar-refractivity contribution in [1.82, 2.24) is 15.2 Å². The van der Waals surface area contributed by atoms with Crippen LogP contribution in [-0.4, -0.2) is 26.3 Å². The van der Waals surface area contributed by atoms with Gasteiger partial charge in [0, 0.05) is 6.07 Å². The summed E-state index contributed by atoms with van der Waals surface area (Å²) in [4.78, 5) is 15.7. The van der Waals surface area contributed by atoms with E-state index in [0.29, 0.717) is 5.16 Å². The Morgan fingerprint density at radius 1 is 1.47 bits per heavy atom. The second-order valence-corrected chi connectivity index (χ2v) is 4.99. The van der Waals surface area contributed by atoms with Crippen LogP contribution in [0, 0.1) is 11.6 Å². The Balaban J connectivity index is 2.02. The number of nitrogens with one attached hydrogen (secondary N) is 2. The van der Waals surface area contributed by atoms with Crippen LogP contribution in [-0.2, 0) is 4.79 Å². The van der Waals surface area contributed by atoms with Crippen LogP contribution in [0.5, 0.6) is 0 Å². The van der Waals surface area contributed by atoms with Gasteiger partial charge in [-0.25, -0.2) is 13.8 Å². The number of carbonyl (C=O) groups excluding carboxylic acids is 1. The molecule has 0 saturated carbocycles. The predicted molar refractivity (Wildman–Crippen MR) is 66.7 cm³/mol. The second kappa shape index (κ2) is 5.79. The van der Waals surface area contributed by atoms with Gasteiger partial charge in [0.05, 0.1) is 10.9 Å². The van der Waals surface area contributed by atoms with Gasteiger partial charge in [-0.05, 0) is 19.1 Å². The Kier molecular flexibility index (Phi) is 4.10. The fraction of sp³-hybridized carbons (Fsp3) is 0.182. The third-order valence-electron chi connectivity index (χ3n) is 2.24. The van der Waals surface area contributed by atoms with E-state index < -0.39 is 22.8 Å². The van der Waals surface area contributed by atoms with Gasteiger partial charge in [0.15, 0.2) is 5.16 Å². The number of rotatable bonds is 4. The third-order valence-corrected chi connectivity index (χ3v) is 3.22. The van der Waals surface area contributed by atoms with Crippen LogP contribution in [0.15, 0.2) is 29.7 Å². The maximum atomic E-state index is 13.4. The van der Waals surface area contributed by atoms with E-state index in [1.165, 1.54) is 6.33 Å². The van der Waals surface area contributed by atoms with Crippen LogP contribution in [0.2, 0.25) is 0 Å². The SMILES string of the molecule is C[C@@H](Sc1ncn[nH]1)C(=O)Nc1cc(F)ccc1F. The number of H-pyrrole nitrogens is 1. The van der Waals surface area contributed by atoms with Crippen LogP contribution in [0.3, 0.4) is 0 Å². The first-order valence-electron chi connectivity index (χ1n) is 5.34. The second-order valence-electron chi connectivity index (χ2n) is 3.66. The summed E-state index contributed by atoms with van der Waals surface area (Å²) in [7, 11) is 0. The van der Waals surface area contributed by atoms with Crippen LogP contribution in [0.25, 0.3) is 0 Å². The van der Waals surface area contributed by atoms with Crippen molar-refractivity contribution in [2.24, 2.45) is 0 Å². The first-order chi connectivity index (χ1) is 9.06. The molecular weight excluding hydrogens is 274 g/mol. The van der Waals surface area contributed by atoms with Crippen molar-refractivity contribution in [3.8, 4) is 0 Å². The normalized spacial score (nSPS) is 12.2. The van der Waals surface area contributed by atoms with Crippen molar-refractivity contribution in [2.45, 2.75) is 17.3 Å². The zero-order valence-corrected chi connectivity index (χ0v) is 10.7. The molecule has 0 bridgehead atoms. The molecule has 2 rings (SSSR count). The van der Waals surface area contributed by atoms with Crippen LogP contribution in [0.4, 0.5) is 14.5 Å². The van der Waals surface area contributed by atoms with Crippen LogP contribution < -0.4 is 5.32 Å². The summed E-state index contributed by atoms with van der Waals surface area (Å²) in [6.45, 7) is 1.62. The number of carbonyl (C=O) groups is 1. The molecule has 1 heterocycles. The van der Waals surface area contributed by atoms with Gasteiger partial charge >= 0.3 is 0 Å². The molecule has 0 radical (unpaired) electrons. The lowest BCUT2D eigenvalue weighted by Gasteiger charge is -2.11. The van der Waals surface area contributed by atoms with Crippen molar-refractivity contribution < 1.29 is 13.6 Å². The number of anilines is 1. The van der Waals surface area contributed by atoms with Gasteiger partial charge in [-0.1, -0.05) is 11.8 Å². The Morgan fingerprint density at radius 2 is 2.26 bits per heavy atom. The summed E-state index contributed by atoms with van der Waals surface area (Å²) in [6, 6.07) is 2.87. The van der Waals surface area contributed by atoms with E-state index >= 15 is 0 Å². The zero-order valence-electron chi connectivity index (χ0n) is 9.85. The topological polar surface area (TPSA) is 70.7 Å². The fourth-order valence-electron chi connectivity index (χ4n) is 1.30. The molecule has 100 valence electrons. The number of hydrogen-bond acceptors (Lipinski definition) is 4. The molecule has 0 aliphatic carbocycles. The summed E-state index contributed by atoms with van der Waals surface area (Å²) in [5.41, 5.74) is -0.185. The summed E-state index contributed by atoms with van der Waals surface area (Å²) >= 11 is 1.13. The van der Waals surface area contributed by atoms with Crippen molar-refractivity contribution in [3.63, 3.8) is 0 Å². The molecule has 8 heteroatoms. The van der Waals surface area contributed by atoms with Crippen molar-refractivity contribution >= 4 is 23.4 Å². The maximum absolute atomic E-state index is 13.4. The fourth-order valence-corrected chi connectivity index (χ4v) is 2.01. The molecule has 0 aliphatic rings. The lowest BCUT2D eigenvalue weighted by molar-refractivity contribution is -0.115. The number of aromatic amines is 1. The number of benzene rings is 1. The van der Waals surface area contributed by atoms with E-state index in [1.807, 2.05) is 0 Å². The van der Waals surface area contributed by atoms with E-state index in [0.717, 1.165) is 30.0 Å². The highest BCUT2D eigenvalue weighted by Crippen LogP contribution is 2.21. The number of amides is 1. The highest BCUT2D eigenvalue weighted by atomic mass is 32.2. The minimum atomic E-state index is -0.688.